The second-order valence-corrected chi connectivity index (χ2v) is 6.77. The van der Waals surface area contributed by atoms with E-state index >= 15 is 0 Å². The Labute approximate surface area is 147 Å². The minimum atomic E-state index is -0.492. The molecule has 0 bridgehead atoms. The largest absolute Gasteiger partial charge is 0.497 e. The second-order valence-electron chi connectivity index (χ2n) is 6.77. The first kappa shape index (κ1) is 18.4. The summed E-state index contributed by atoms with van der Waals surface area (Å²) < 4.78 is 5.07. The maximum Gasteiger partial charge on any atom is 0.256 e. The van der Waals surface area contributed by atoms with Gasteiger partial charge >= 0.3 is 0 Å². The van der Waals surface area contributed by atoms with E-state index in [1.165, 1.54) is 0 Å². The molecule has 1 aromatic carbocycles. The lowest BCUT2D eigenvalue weighted by Crippen LogP contribution is -2.28. The fourth-order valence-corrected chi connectivity index (χ4v) is 2.00. The van der Waals surface area contributed by atoms with Gasteiger partial charge in [0.25, 0.3) is 5.91 Å². The molecule has 1 heterocycles. The zero-order valence-corrected chi connectivity index (χ0v) is 15.1. The summed E-state index contributed by atoms with van der Waals surface area (Å²) in [5.41, 5.74) is 1.46. The zero-order valence-electron chi connectivity index (χ0n) is 15.1. The Morgan fingerprint density at radius 2 is 1.72 bits per heavy atom. The maximum absolute atomic E-state index is 12.3. The number of nitrogens with one attached hydrogen (secondary N) is 2. The Bertz CT molecular complexity index is 777. The molecular formula is C19H23N3O3. The van der Waals surface area contributed by atoms with Crippen LogP contribution in [0.1, 0.15) is 36.7 Å². The highest BCUT2D eigenvalue weighted by Gasteiger charge is 2.22. The molecule has 2 amide bonds. The number of aromatic nitrogens is 1. The Balaban J connectivity index is 2.09. The summed E-state index contributed by atoms with van der Waals surface area (Å²) in [6, 6.07) is 8.52. The molecule has 6 heteroatoms. The lowest BCUT2D eigenvalue weighted by atomic mass is 9.95. The van der Waals surface area contributed by atoms with Gasteiger partial charge in [0.1, 0.15) is 11.6 Å². The molecule has 0 aliphatic heterocycles. The summed E-state index contributed by atoms with van der Waals surface area (Å²) in [6.07, 6.45) is 1.54. The van der Waals surface area contributed by atoms with Crippen LogP contribution in [-0.2, 0) is 4.79 Å². The number of aryl methyl sites for hydroxylation is 1. The van der Waals surface area contributed by atoms with Crippen molar-refractivity contribution in [3.8, 4) is 5.75 Å². The monoisotopic (exact) mass is 341 g/mol. The summed E-state index contributed by atoms with van der Waals surface area (Å²) in [4.78, 5) is 28.5. The molecule has 0 unspecified atom stereocenters. The highest BCUT2D eigenvalue weighted by atomic mass is 16.5. The van der Waals surface area contributed by atoms with Crippen molar-refractivity contribution in [2.24, 2.45) is 5.41 Å². The highest BCUT2D eigenvalue weighted by molar-refractivity contribution is 6.04. The van der Waals surface area contributed by atoms with E-state index in [0.29, 0.717) is 22.8 Å². The predicted molar refractivity (Wildman–Crippen MR) is 98.0 cm³/mol. The number of hydrogen-bond acceptors (Lipinski definition) is 4. The van der Waals surface area contributed by atoms with Gasteiger partial charge in [-0.2, -0.15) is 0 Å². The second kappa shape index (κ2) is 7.34. The van der Waals surface area contributed by atoms with Crippen LogP contribution in [0.2, 0.25) is 0 Å². The van der Waals surface area contributed by atoms with E-state index < -0.39 is 5.41 Å². The van der Waals surface area contributed by atoms with Gasteiger partial charge in [-0.05, 0) is 42.8 Å². The summed E-state index contributed by atoms with van der Waals surface area (Å²) in [5.74, 6) is 0.755. The zero-order chi connectivity index (χ0) is 18.6. The number of rotatable bonds is 4. The first-order valence-electron chi connectivity index (χ1n) is 7.94. The number of anilines is 2. The molecule has 0 radical (unpaired) electrons. The molecule has 0 saturated heterocycles. The van der Waals surface area contributed by atoms with Gasteiger partial charge in [0, 0.05) is 11.0 Å². The van der Waals surface area contributed by atoms with Crippen LogP contribution in [0.25, 0.3) is 0 Å². The molecule has 0 saturated carbocycles. The van der Waals surface area contributed by atoms with Crippen molar-refractivity contribution in [1.82, 2.24) is 4.98 Å². The topological polar surface area (TPSA) is 80.3 Å². The minimum absolute atomic E-state index is 0.0904. The van der Waals surface area contributed by atoms with Crippen LogP contribution in [0.3, 0.4) is 0 Å². The molecule has 2 rings (SSSR count). The van der Waals surface area contributed by atoms with Crippen LogP contribution in [0.15, 0.2) is 36.5 Å². The Kier molecular flexibility index (Phi) is 5.41. The first-order chi connectivity index (χ1) is 11.7. The molecule has 1 aromatic heterocycles. The van der Waals surface area contributed by atoms with Crippen molar-refractivity contribution in [3.63, 3.8) is 0 Å². The smallest absolute Gasteiger partial charge is 0.256 e. The van der Waals surface area contributed by atoms with Gasteiger partial charge < -0.3 is 15.4 Å². The lowest BCUT2D eigenvalue weighted by molar-refractivity contribution is -0.123. The third-order valence-electron chi connectivity index (χ3n) is 3.63. The average Bonchev–Trinajstić information content (AvgIpc) is 2.56. The standard InChI is InChI=1S/C19H23N3O3/c1-12-10-16(20-11-15(12)21-18(24)19(2,3)4)22-17(23)13-6-8-14(25-5)9-7-13/h6-11H,1-5H3,(H,21,24)(H,20,22,23). The first-order valence-corrected chi connectivity index (χ1v) is 7.94. The van der Waals surface area contributed by atoms with Gasteiger partial charge in [0.2, 0.25) is 5.91 Å². The number of carbonyl (C=O) groups is 2. The van der Waals surface area contributed by atoms with Crippen LogP contribution < -0.4 is 15.4 Å². The molecular weight excluding hydrogens is 318 g/mol. The van der Waals surface area contributed by atoms with E-state index in [9.17, 15) is 9.59 Å². The fourth-order valence-electron chi connectivity index (χ4n) is 2.00. The average molecular weight is 341 g/mol. The molecule has 6 nitrogen and oxygen atoms in total. The van der Waals surface area contributed by atoms with Crippen LogP contribution in [0, 0.1) is 12.3 Å². The molecule has 25 heavy (non-hydrogen) atoms. The van der Waals surface area contributed by atoms with Crippen molar-refractivity contribution < 1.29 is 14.3 Å². The predicted octanol–water partition coefficient (Wildman–Crippen LogP) is 3.64. The fraction of sp³-hybridized carbons (Fsp3) is 0.316. The van der Waals surface area contributed by atoms with Crippen molar-refractivity contribution in [2.75, 3.05) is 17.7 Å². The summed E-state index contributed by atoms with van der Waals surface area (Å²) in [5, 5.41) is 5.59. The SMILES string of the molecule is COc1ccc(C(=O)Nc2cc(C)c(NC(=O)C(C)(C)C)cn2)cc1. The normalized spacial score (nSPS) is 10.9. The summed E-state index contributed by atoms with van der Waals surface area (Å²) in [6.45, 7) is 7.38. The number of ether oxygens (including phenoxy) is 1. The van der Waals surface area contributed by atoms with E-state index in [1.807, 2.05) is 27.7 Å². The van der Waals surface area contributed by atoms with E-state index in [1.54, 1.807) is 43.6 Å². The number of nitrogens with zero attached hydrogens (tertiary/aromatic N) is 1. The number of hydrogen-bond donors (Lipinski definition) is 2. The Morgan fingerprint density at radius 1 is 1.08 bits per heavy atom. The van der Waals surface area contributed by atoms with E-state index in [2.05, 4.69) is 15.6 Å². The van der Waals surface area contributed by atoms with Gasteiger partial charge in [-0.15, -0.1) is 0 Å². The summed E-state index contributed by atoms with van der Waals surface area (Å²) in [7, 11) is 1.57. The summed E-state index contributed by atoms with van der Waals surface area (Å²) >= 11 is 0. The van der Waals surface area contributed by atoms with Gasteiger partial charge in [-0.1, -0.05) is 20.8 Å². The van der Waals surface area contributed by atoms with Crippen molar-refractivity contribution in [1.29, 1.82) is 0 Å². The van der Waals surface area contributed by atoms with Crippen LogP contribution in [-0.4, -0.2) is 23.9 Å². The molecule has 0 atom stereocenters. The number of pyridine rings is 1. The quantitative estimate of drug-likeness (QED) is 0.890. The van der Waals surface area contributed by atoms with Crippen LogP contribution >= 0.6 is 0 Å². The number of methoxy groups -OCH3 is 1. The molecule has 2 N–H and O–H groups in total. The number of carbonyl (C=O) groups excluding carboxylic acids is 2. The van der Waals surface area contributed by atoms with E-state index in [4.69, 9.17) is 4.74 Å². The third-order valence-corrected chi connectivity index (χ3v) is 3.63. The van der Waals surface area contributed by atoms with Crippen LogP contribution in [0.5, 0.6) is 5.75 Å². The third kappa shape index (κ3) is 4.79. The van der Waals surface area contributed by atoms with E-state index in [0.717, 1.165) is 5.56 Å². The number of benzene rings is 1. The molecule has 132 valence electrons. The molecule has 0 fully saturated rings. The highest BCUT2D eigenvalue weighted by Crippen LogP contribution is 2.21. The van der Waals surface area contributed by atoms with Gasteiger partial charge in [0.05, 0.1) is 19.0 Å². The van der Waals surface area contributed by atoms with Gasteiger partial charge in [0.15, 0.2) is 0 Å². The molecule has 0 spiro atoms. The van der Waals surface area contributed by atoms with Crippen molar-refractivity contribution in [2.45, 2.75) is 27.7 Å². The molecule has 0 aliphatic rings. The molecule has 2 aromatic rings. The lowest BCUT2D eigenvalue weighted by Gasteiger charge is -2.18. The molecule has 0 aliphatic carbocycles. The van der Waals surface area contributed by atoms with Gasteiger partial charge in [-0.3, -0.25) is 9.59 Å². The van der Waals surface area contributed by atoms with Crippen LogP contribution in [0.4, 0.5) is 11.5 Å². The van der Waals surface area contributed by atoms with E-state index in [-0.39, 0.29) is 11.8 Å². The Hall–Kier alpha value is -2.89. The van der Waals surface area contributed by atoms with Crippen molar-refractivity contribution in [3.05, 3.63) is 47.7 Å². The minimum Gasteiger partial charge on any atom is -0.497 e. The maximum atomic E-state index is 12.3. The van der Waals surface area contributed by atoms with Gasteiger partial charge in [-0.25, -0.2) is 4.98 Å². The Morgan fingerprint density at radius 3 is 2.24 bits per heavy atom. The number of amides is 2. The van der Waals surface area contributed by atoms with Crippen molar-refractivity contribution >= 4 is 23.3 Å².